The first-order valence-electron chi connectivity index (χ1n) is 7.73. The molecule has 100 valence electrons. The van der Waals surface area contributed by atoms with E-state index in [0.717, 1.165) is 12.3 Å². The second-order valence-electron chi connectivity index (χ2n) is 6.01. The Morgan fingerprint density at radius 3 is 2.72 bits per heavy atom. The zero-order valence-corrected chi connectivity index (χ0v) is 11.3. The molecule has 1 aromatic heterocycles. The second-order valence-corrected chi connectivity index (χ2v) is 6.01. The van der Waals surface area contributed by atoms with E-state index in [2.05, 4.69) is 11.4 Å². The maximum Gasteiger partial charge on any atom is 0.108 e. The standard InChI is InChI=1S/C16H25NO/c1-2-4-7-13(6-3-1)12-17-15-8-5-9-16-14(15)10-11-18-16/h10-11,13,15,17H,1-9,12H2. The number of aryl methyl sites for hydroxylation is 1. The van der Waals surface area contributed by atoms with E-state index in [1.165, 1.54) is 69.2 Å². The molecule has 1 heterocycles. The van der Waals surface area contributed by atoms with Crippen LogP contribution in [0.5, 0.6) is 0 Å². The lowest BCUT2D eigenvalue weighted by molar-refractivity contribution is 0.360. The highest BCUT2D eigenvalue weighted by Crippen LogP contribution is 2.31. The van der Waals surface area contributed by atoms with Crippen molar-refractivity contribution in [3.8, 4) is 0 Å². The van der Waals surface area contributed by atoms with Gasteiger partial charge >= 0.3 is 0 Å². The number of furan rings is 1. The highest BCUT2D eigenvalue weighted by molar-refractivity contribution is 5.23. The Morgan fingerprint density at radius 2 is 1.89 bits per heavy atom. The molecule has 2 nitrogen and oxygen atoms in total. The smallest absolute Gasteiger partial charge is 0.108 e. The van der Waals surface area contributed by atoms with Gasteiger partial charge in [-0.25, -0.2) is 0 Å². The van der Waals surface area contributed by atoms with Crippen molar-refractivity contribution in [2.75, 3.05) is 6.54 Å². The molecule has 0 aliphatic heterocycles. The van der Waals surface area contributed by atoms with Crippen LogP contribution in [0.25, 0.3) is 0 Å². The van der Waals surface area contributed by atoms with Crippen LogP contribution >= 0.6 is 0 Å². The van der Waals surface area contributed by atoms with Crippen LogP contribution in [-0.4, -0.2) is 6.54 Å². The zero-order chi connectivity index (χ0) is 12.2. The topological polar surface area (TPSA) is 25.2 Å². The molecule has 2 aliphatic rings. The summed E-state index contributed by atoms with van der Waals surface area (Å²) < 4.78 is 5.56. The summed E-state index contributed by atoms with van der Waals surface area (Å²) in [4.78, 5) is 0. The van der Waals surface area contributed by atoms with E-state index in [9.17, 15) is 0 Å². The quantitative estimate of drug-likeness (QED) is 0.809. The minimum absolute atomic E-state index is 0.552. The Morgan fingerprint density at radius 1 is 1.06 bits per heavy atom. The molecule has 18 heavy (non-hydrogen) atoms. The van der Waals surface area contributed by atoms with Crippen molar-refractivity contribution in [1.82, 2.24) is 5.32 Å². The van der Waals surface area contributed by atoms with E-state index in [1.807, 2.05) is 6.26 Å². The SMILES string of the molecule is c1cc2c(o1)CCCC2NCC1CCCCCC1. The van der Waals surface area contributed by atoms with Gasteiger partial charge in [-0.1, -0.05) is 25.7 Å². The summed E-state index contributed by atoms with van der Waals surface area (Å²) in [6.45, 7) is 1.20. The Kier molecular flexibility index (Phi) is 4.04. The maximum absolute atomic E-state index is 5.56. The summed E-state index contributed by atoms with van der Waals surface area (Å²) in [7, 11) is 0. The number of hydrogen-bond donors (Lipinski definition) is 1. The van der Waals surface area contributed by atoms with Crippen molar-refractivity contribution < 1.29 is 4.42 Å². The van der Waals surface area contributed by atoms with Crippen LogP contribution in [0.15, 0.2) is 16.7 Å². The van der Waals surface area contributed by atoms with Crippen molar-refractivity contribution in [2.45, 2.75) is 63.8 Å². The van der Waals surface area contributed by atoms with Crippen molar-refractivity contribution in [2.24, 2.45) is 5.92 Å². The lowest BCUT2D eigenvalue weighted by Gasteiger charge is -2.25. The molecule has 2 aliphatic carbocycles. The van der Waals surface area contributed by atoms with Gasteiger partial charge in [0.25, 0.3) is 0 Å². The molecule has 0 spiro atoms. The van der Waals surface area contributed by atoms with Gasteiger partial charge in [0.15, 0.2) is 0 Å². The summed E-state index contributed by atoms with van der Waals surface area (Å²) in [6.07, 6.45) is 14.2. The fourth-order valence-corrected chi connectivity index (χ4v) is 3.58. The number of nitrogens with one attached hydrogen (secondary N) is 1. The third-order valence-corrected chi connectivity index (χ3v) is 4.68. The van der Waals surface area contributed by atoms with Crippen LogP contribution in [0.1, 0.15) is 68.7 Å². The first-order valence-corrected chi connectivity index (χ1v) is 7.73. The van der Waals surface area contributed by atoms with Gasteiger partial charge in [0.05, 0.1) is 6.26 Å². The molecule has 1 atom stereocenters. The molecule has 3 rings (SSSR count). The highest BCUT2D eigenvalue weighted by atomic mass is 16.3. The van der Waals surface area contributed by atoms with Crippen molar-refractivity contribution in [1.29, 1.82) is 0 Å². The second kappa shape index (κ2) is 5.92. The maximum atomic E-state index is 5.56. The first kappa shape index (κ1) is 12.3. The predicted molar refractivity (Wildman–Crippen MR) is 73.6 cm³/mol. The van der Waals surface area contributed by atoms with Gasteiger partial charge in [0, 0.05) is 18.0 Å². The first-order chi connectivity index (χ1) is 8.93. The van der Waals surface area contributed by atoms with Crippen LogP contribution in [0.3, 0.4) is 0 Å². The molecule has 0 amide bonds. The molecule has 0 aromatic carbocycles. The van der Waals surface area contributed by atoms with Gasteiger partial charge in [0.1, 0.15) is 5.76 Å². The van der Waals surface area contributed by atoms with Gasteiger partial charge in [-0.05, 0) is 44.2 Å². The molecular formula is C16H25NO. The highest BCUT2D eigenvalue weighted by Gasteiger charge is 2.23. The lowest BCUT2D eigenvalue weighted by Crippen LogP contribution is -2.29. The van der Waals surface area contributed by atoms with E-state index in [-0.39, 0.29) is 0 Å². The van der Waals surface area contributed by atoms with Gasteiger partial charge in [-0.3, -0.25) is 0 Å². The third kappa shape index (κ3) is 2.80. The number of fused-ring (bicyclic) bond motifs is 1. The van der Waals surface area contributed by atoms with Gasteiger partial charge in [0.2, 0.25) is 0 Å². The number of rotatable bonds is 3. The fraction of sp³-hybridized carbons (Fsp3) is 0.750. The van der Waals surface area contributed by atoms with E-state index >= 15 is 0 Å². The van der Waals surface area contributed by atoms with Crippen LogP contribution in [0.2, 0.25) is 0 Å². The van der Waals surface area contributed by atoms with E-state index in [0.29, 0.717) is 6.04 Å². The monoisotopic (exact) mass is 247 g/mol. The Bertz CT molecular complexity index is 363. The summed E-state index contributed by atoms with van der Waals surface area (Å²) in [5.74, 6) is 2.13. The van der Waals surface area contributed by atoms with Gasteiger partial charge < -0.3 is 9.73 Å². The summed E-state index contributed by atoms with van der Waals surface area (Å²) >= 11 is 0. The van der Waals surface area contributed by atoms with Crippen LogP contribution in [0, 0.1) is 5.92 Å². The normalized spacial score (nSPS) is 25.7. The Balaban J connectivity index is 1.54. The van der Waals surface area contributed by atoms with Gasteiger partial charge in [-0.15, -0.1) is 0 Å². The van der Waals surface area contributed by atoms with Crippen LogP contribution in [-0.2, 0) is 6.42 Å². The molecule has 0 radical (unpaired) electrons. The summed E-state index contributed by atoms with van der Waals surface area (Å²) in [6, 6.07) is 2.72. The Labute approximate surface area is 110 Å². The zero-order valence-electron chi connectivity index (χ0n) is 11.3. The molecule has 1 N–H and O–H groups in total. The van der Waals surface area contributed by atoms with Gasteiger partial charge in [-0.2, -0.15) is 0 Å². The average molecular weight is 247 g/mol. The van der Waals surface area contributed by atoms with E-state index < -0.39 is 0 Å². The molecule has 0 bridgehead atoms. The fourth-order valence-electron chi connectivity index (χ4n) is 3.58. The molecule has 1 saturated carbocycles. The molecule has 1 fully saturated rings. The lowest BCUT2D eigenvalue weighted by atomic mass is 9.92. The molecule has 2 heteroatoms. The Hall–Kier alpha value is -0.760. The number of hydrogen-bond acceptors (Lipinski definition) is 2. The summed E-state index contributed by atoms with van der Waals surface area (Å²) in [5, 5.41) is 3.80. The molecule has 1 aromatic rings. The van der Waals surface area contributed by atoms with Crippen molar-refractivity contribution >= 4 is 0 Å². The van der Waals surface area contributed by atoms with E-state index in [1.54, 1.807) is 0 Å². The minimum atomic E-state index is 0.552. The van der Waals surface area contributed by atoms with Crippen molar-refractivity contribution in [3.05, 3.63) is 23.7 Å². The molecular weight excluding hydrogens is 222 g/mol. The largest absolute Gasteiger partial charge is 0.469 e. The predicted octanol–water partition coefficient (Wildman–Crippen LogP) is 4.22. The average Bonchev–Trinajstić information content (AvgIpc) is 2.73. The van der Waals surface area contributed by atoms with E-state index in [4.69, 9.17) is 4.42 Å². The molecule has 0 saturated heterocycles. The molecule has 1 unspecified atom stereocenters. The summed E-state index contributed by atoms with van der Waals surface area (Å²) in [5.41, 5.74) is 1.43. The van der Waals surface area contributed by atoms with Crippen LogP contribution < -0.4 is 5.32 Å². The van der Waals surface area contributed by atoms with Crippen molar-refractivity contribution in [3.63, 3.8) is 0 Å². The minimum Gasteiger partial charge on any atom is -0.469 e. The third-order valence-electron chi connectivity index (χ3n) is 4.68. The van der Waals surface area contributed by atoms with Crippen LogP contribution in [0.4, 0.5) is 0 Å².